The lowest BCUT2D eigenvalue weighted by atomic mass is 10.2. The molecule has 22 heavy (non-hydrogen) atoms. The van der Waals surface area contributed by atoms with Gasteiger partial charge in [0.25, 0.3) is 10.7 Å². The number of aromatic amines is 1. The molecule has 1 aromatic carbocycles. The number of H-pyrrole nitrogens is 1. The number of carbonyl (C=O) groups excluding carboxylic acids is 1. The van der Waals surface area contributed by atoms with Gasteiger partial charge in [-0.05, 0) is 37.3 Å². The van der Waals surface area contributed by atoms with Crippen LogP contribution in [0.3, 0.4) is 0 Å². The molecule has 0 saturated carbocycles. The van der Waals surface area contributed by atoms with E-state index in [4.69, 9.17) is 16.6 Å². The van der Waals surface area contributed by atoms with Gasteiger partial charge in [0.15, 0.2) is 5.58 Å². The van der Waals surface area contributed by atoms with E-state index in [-0.39, 0.29) is 11.4 Å². The van der Waals surface area contributed by atoms with Crippen molar-refractivity contribution in [1.29, 1.82) is 0 Å². The van der Waals surface area contributed by atoms with Gasteiger partial charge in [-0.1, -0.05) is 0 Å². The summed E-state index contributed by atoms with van der Waals surface area (Å²) in [5.41, 5.74) is 1.40. The van der Waals surface area contributed by atoms with E-state index in [1.807, 2.05) is 0 Å². The number of ether oxygens (including phenoxy) is 1. The van der Waals surface area contributed by atoms with Gasteiger partial charge in [-0.25, -0.2) is 0 Å². The van der Waals surface area contributed by atoms with E-state index in [0.717, 1.165) is 0 Å². The molecule has 9 heteroatoms. The van der Waals surface area contributed by atoms with Gasteiger partial charge in [0.05, 0.1) is 12.1 Å². The van der Waals surface area contributed by atoms with Crippen LogP contribution in [-0.4, -0.2) is 36.3 Å². The number of halogens is 3. The number of amides is 1. The van der Waals surface area contributed by atoms with E-state index in [0.29, 0.717) is 16.7 Å². The van der Waals surface area contributed by atoms with E-state index in [1.54, 1.807) is 19.1 Å². The summed E-state index contributed by atoms with van der Waals surface area (Å²) in [6.45, 7) is -0.0316. The quantitative estimate of drug-likeness (QED) is 0.824. The van der Waals surface area contributed by atoms with E-state index < -0.39 is 24.7 Å². The molecule has 5 nitrogen and oxygen atoms in total. The highest BCUT2D eigenvalue weighted by Gasteiger charge is 2.27. The summed E-state index contributed by atoms with van der Waals surface area (Å²) >= 11 is 4.84. The largest absolute Gasteiger partial charge is 0.429 e. The minimum atomic E-state index is -4.38. The van der Waals surface area contributed by atoms with Crippen LogP contribution in [0.5, 0.6) is 0 Å². The predicted octanol–water partition coefficient (Wildman–Crippen LogP) is 3.19. The zero-order valence-corrected chi connectivity index (χ0v) is 12.3. The number of oxazole rings is 1. The molecule has 2 aromatic rings. The van der Waals surface area contributed by atoms with Crippen LogP contribution in [0.1, 0.15) is 17.3 Å². The maximum absolute atomic E-state index is 12.0. The summed E-state index contributed by atoms with van der Waals surface area (Å²) < 4.78 is 45.5. The third kappa shape index (κ3) is 4.57. The summed E-state index contributed by atoms with van der Waals surface area (Å²) in [5, 5.41) is 2.54. The first-order valence-corrected chi connectivity index (χ1v) is 6.73. The molecule has 120 valence electrons. The molecule has 0 fully saturated rings. The van der Waals surface area contributed by atoms with Crippen molar-refractivity contribution in [2.75, 3.05) is 13.2 Å². The van der Waals surface area contributed by atoms with Crippen molar-refractivity contribution in [3.8, 4) is 0 Å². The second-order valence-electron chi connectivity index (χ2n) is 4.73. The Morgan fingerprint density at radius 2 is 2.23 bits per heavy atom. The standard InChI is InChI=1S/C13H13F3N2O3S/c1-7(5-20-6-13(14,15)16)17-11(19)8-2-3-9-10(4-8)21-12(22)18-9/h2-4,7H,5-6H2,1H3,(H,17,19)(H,18,22)/t7-/m1/s1. The van der Waals surface area contributed by atoms with Crippen LogP contribution in [-0.2, 0) is 4.74 Å². The normalized spacial score (nSPS) is 13.3. The smallest absolute Gasteiger partial charge is 0.411 e. The predicted molar refractivity (Wildman–Crippen MR) is 75.2 cm³/mol. The Labute approximate surface area is 128 Å². The highest BCUT2D eigenvalue weighted by Crippen LogP contribution is 2.16. The van der Waals surface area contributed by atoms with Crippen LogP contribution in [0.4, 0.5) is 13.2 Å². The summed E-state index contributed by atoms with van der Waals surface area (Å²) in [4.78, 5) is 15.0. The SMILES string of the molecule is C[C@H](COCC(F)(F)F)NC(=O)c1ccc2[nH]c(=S)oc2c1. The van der Waals surface area contributed by atoms with Crippen LogP contribution in [0.15, 0.2) is 22.6 Å². The van der Waals surface area contributed by atoms with Gasteiger partial charge in [0.2, 0.25) is 0 Å². The first-order chi connectivity index (χ1) is 10.2. The monoisotopic (exact) mass is 334 g/mol. The number of benzene rings is 1. The molecule has 0 aliphatic carbocycles. The molecule has 1 heterocycles. The number of fused-ring (bicyclic) bond motifs is 1. The third-order valence-corrected chi connectivity index (χ3v) is 2.88. The lowest BCUT2D eigenvalue weighted by Crippen LogP contribution is -2.36. The minimum Gasteiger partial charge on any atom is -0.429 e. The molecule has 2 N–H and O–H groups in total. The number of carbonyl (C=O) groups is 1. The van der Waals surface area contributed by atoms with Gasteiger partial charge in [-0.3, -0.25) is 4.79 Å². The Morgan fingerprint density at radius 1 is 1.50 bits per heavy atom. The number of hydrogen-bond acceptors (Lipinski definition) is 4. The molecule has 0 aliphatic rings. The summed E-state index contributed by atoms with van der Waals surface area (Å²) in [6, 6.07) is 4.12. The summed E-state index contributed by atoms with van der Waals surface area (Å²) in [7, 11) is 0. The van der Waals surface area contributed by atoms with Crippen LogP contribution in [0.25, 0.3) is 11.1 Å². The Bertz CT molecular complexity index is 723. The third-order valence-electron chi connectivity index (χ3n) is 2.69. The van der Waals surface area contributed by atoms with Crippen molar-refractivity contribution in [2.45, 2.75) is 19.1 Å². The topological polar surface area (TPSA) is 67.3 Å². The van der Waals surface area contributed by atoms with Crippen LogP contribution in [0.2, 0.25) is 0 Å². The van der Waals surface area contributed by atoms with Crippen LogP contribution < -0.4 is 5.32 Å². The second-order valence-corrected chi connectivity index (χ2v) is 5.10. The molecule has 1 amide bonds. The molecule has 0 aliphatic heterocycles. The number of hydrogen-bond donors (Lipinski definition) is 2. The van der Waals surface area contributed by atoms with Crippen molar-refractivity contribution in [2.24, 2.45) is 0 Å². The van der Waals surface area contributed by atoms with Crippen LogP contribution >= 0.6 is 12.2 Å². The summed E-state index contributed by atoms with van der Waals surface area (Å²) in [6.07, 6.45) is -4.38. The molecule has 2 rings (SSSR count). The zero-order chi connectivity index (χ0) is 16.3. The fourth-order valence-corrected chi connectivity index (χ4v) is 1.99. The van der Waals surface area contributed by atoms with Gasteiger partial charge in [-0.15, -0.1) is 0 Å². The first kappa shape index (κ1) is 16.5. The second kappa shape index (κ2) is 6.49. The van der Waals surface area contributed by atoms with Gasteiger partial charge in [0, 0.05) is 11.6 Å². The van der Waals surface area contributed by atoms with Crippen molar-refractivity contribution < 1.29 is 27.1 Å². The Kier molecular flexibility index (Phi) is 4.87. The Balaban J connectivity index is 1.93. The van der Waals surface area contributed by atoms with Crippen molar-refractivity contribution in [3.05, 3.63) is 28.6 Å². The molecular formula is C13H13F3N2O3S. The highest BCUT2D eigenvalue weighted by atomic mass is 32.1. The maximum Gasteiger partial charge on any atom is 0.411 e. The number of rotatable bonds is 5. The van der Waals surface area contributed by atoms with Crippen molar-refractivity contribution >= 4 is 29.2 Å². The molecule has 0 spiro atoms. The molecular weight excluding hydrogens is 321 g/mol. The minimum absolute atomic E-state index is 0.196. The average molecular weight is 334 g/mol. The summed E-state index contributed by atoms with van der Waals surface area (Å²) in [5.74, 6) is -0.438. The fraction of sp³-hybridized carbons (Fsp3) is 0.385. The fourth-order valence-electron chi connectivity index (χ4n) is 1.79. The first-order valence-electron chi connectivity index (χ1n) is 6.33. The average Bonchev–Trinajstić information content (AvgIpc) is 2.75. The number of aromatic nitrogens is 1. The lowest BCUT2D eigenvalue weighted by molar-refractivity contribution is -0.174. The number of alkyl halides is 3. The molecule has 0 unspecified atom stereocenters. The van der Waals surface area contributed by atoms with Gasteiger partial charge < -0.3 is 19.5 Å². The Hall–Kier alpha value is -1.87. The molecule has 1 aromatic heterocycles. The van der Waals surface area contributed by atoms with Crippen molar-refractivity contribution in [1.82, 2.24) is 10.3 Å². The van der Waals surface area contributed by atoms with E-state index in [1.165, 1.54) is 6.07 Å². The molecule has 0 saturated heterocycles. The van der Waals surface area contributed by atoms with E-state index in [2.05, 4.69) is 15.0 Å². The van der Waals surface area contributed by atoms with Crippen LogP contribution in [0, 0.1) is 4.84 Å². The van der Waals surface area contributed by atoms with Gasteiger partial charge in [0.1, 0.15) is 6.61 Å². The number of nitrogens with one attached hydrogen (secondary N) is 2. The van der Waals surface area contributed by atoms with Gasteiger partial charge in [-0.2, -0.15) is 13.2 Å². The highest BCUT2D eigenvalue weighted by molar-refractivity contribution is 7.71. The van der Waals surface area contributed by atoms with E-state index in [9.17, 15) is 18.0 Å². The van der Waals surface area contributed by atoms with Crippen molar-refractivity contribution in [3.63, 3.8) is 0 Å². The Morgan fingerprint density at radius 3 is 2.91 bits per heavy atom. The van der Waals surface area contributed by atoms with Gasteiger partial charge >= 0.3 is 6.18 Å². The lowest BCUT2D eigenvalue weighted by Gasteiger charge is -2.15. The molecule has 0 radical (unpaired) electrons. The zero-order valence-electron chi connectivity index (χ0n) is 11.5. The van der Waals surface area contributed by atoms with E-state index >= 15 is 0 Å². The molecule has 0 bridgehead atoms. The maximum atomic E-state index is 12.0. The molecule has 1 atom stereocenters.